The highest BCUT2D eigenvalue weighted by Gasteiger charge is 2.14. The number of hydrogen-bond donors (Lipinski definition) is 2. The Morgan fingerprint density at radius 2 is 2.11 bits per heavy atom. The van der Waals surface area contributed by atoms with Crippen LogP contribution in [0.4, 0.5) is 10.1 Å². The van der Waals surface area contributed by atoms with Gasteiger partial charge >= 0.3 is 0 Å². The highest BCUT2D eigenvalue weighted by Crippen LogP contribution is 2.16. The third kappa shape index (κ3) is 4.47. The minimum absolute atomic E-state index is 0.0612. The standard InChI is InChI=1S/C11H17FN2O2S2/c1-17-7-3-2-6-14-18(15,16)9-4-5-11(13)10(12)8-9/h4-5,8,14H,2-3,6-7,13H2,1H3. The van der Waals surface area contributed by atoms with Gasteiger partial charge < -0.3 is 5.73 Å². The van der Waals surface area contributed by atoms with Crippen LogP contribution in [0.3, 0.4) is 0 Å². The van der Waals surface area contributed by atoms with E-state index in [0.717, 1.165) is 24.7 Å². The molecular formula is C11H17FN2O2S2. The Labute approximate surface area is 111 Å². The molecule has 1 aromatic rings. The average molecular weight is 292 g/mol. The second-order valence-electron chi connectivity index (χ2n) is 3.78. The number of rotatable bonds is 7. The molecule has 1 rings (SSSR count). The first kappa shape index (κ1) is 15.3. The molecule has 0 aliphatic rings. The fourth-order valence-corrected chi connectivity index (χ4v) is 2.91. The van der Waals surface area contributed by atoms with E-state index >= 15 is 0 Å². The van der Waals surface area contributed by atoms with Crippen molar-refractivity contribution in [2.75, 3.05) is 24.3 Å². The summed E-state index contributed by atoms with van der Waals surface area (Å²) in [5.41, 5.74) is 5.23. The first-order chi connectivity index (χ1) is 8.47. The van der Waals surface area contributed by atoms with Crippen LogP contribution in [-0.2, 0) is 10.0 Å². The molecule has 0 heterocycles. The lowest BCUT2D eigenvalue weighted by molar-refractivity contribution is 0.575. The normalized spacial score (nSPS) is 11.7. The number of nitrogens with two attached hydrogens (primary N) is 1. The molecule has 3 N–H and O–H groups in total. The van der Waals surface area contributed by atoms with Gasteiger partial charge in [0.15, 0.2) is 0 Å². The molecule has 0 radical (unpaired) electrons. The van der Waals surface area contributed by atoms with Crippen LogP contribution in [0.2, 0.25) is 0 Å². The van der Waals surface area contributed by atoms with Gasteiger partial charge in [-0.2, -0.15) is 11.8 Å². The highest BCUT2D eigenvalue weighted by molar-refractivity contribution is 7.98. The zero-order valence-corrected chi connectivity index (χ0v) is 11.8. The second-order valence-corrected chi connectivity index (χ2v) is 6.53. The van der Waals surface area contributed by atoms with Gasteiger partial charge in [-0.15, -0.1) is 0 Å². The van der Waals surface area contributed by atoms with E-state index in [-0.39, 0.29) is 10.6 Å². The summed E-state index contributed by atoms with van der Waals surface area (Å²) in [5.74, 6) is 0.276. The Morgan fingerprint density at radius 3 is 2.72 bits per heavy atom. The van der Waals surface area contributed by atoms with Crippen molar-refractivity contribution in [1.29, 1.82) is 0 Å². The van der Waals surface area contributed by atoms with Crippen LogP contribution in [0.1, 0.15) is 12.8 Å². The summed E-state index contributed by atoms with van der Waals surface area (Å²) in [4.78, 5) is -0.0981. The van der Waals surface area contributed by atoms with Crippen LogP contribution in [0, 0.1) is 5.82 Å². The number of hydrogen-bond acceptors (Lipinski definition) is 4. The van der Waals surface area contributed by atoms with E-state index in [1.54, 1.807) is 11.8 Å². The van der Waals surface area contributed by atoms with Crippen molar-refractivity contribution in [3.8, 4) is 0 Å². The first-order valence-corrected chi connectivity index (χ1v) is 8.38. The summed E-state index contributed by atoms with van der Waals surface area (Å²) in [7, 11) is -3.64. The summed E-state index contributed by atoms with van der Waals surface area (Å²) in [6.07, 6.45) is 3.71. The summed E-state index contributed by atoms with van der Waals surface area (Å²) in [5, 5.41) is 0. The lowest BCUT2D eigenvalue weighted by Gasteiger charge is -2.07. The summed E-state index contributed by atoms with van der Waals surface area (Å²) in [6, 6.07) is 3.47. The molecule has 1 aromatic carbocycles. The lowest BCUT2D eigenvalue weighted by Crippen LogP contribution is -2.25. The number of thioether (sulfide) groups is 1. The molecule has 0 saturated carbocycles. The summed E-state index contributed by atoms with van der Waals surface area (Å²) in [6.45, 7) is 0.356. The minimum atomic E-state index is -3.64. The van der Waals surface area contributed by atoms with E-state index in [0.29, 0.717) is 6.54 Å². The van der Waals surface area contributed by atoms with Crippen molar-refractivity contribution >= 4 is 27.5 Å². The fraction of sp³-hybridized carbons (Fsp3) is 0.455. The fourth-order valence-electron chi connectivity index (χ4n) is 1.34. The van der Waals surface area contributed by atoms with Crippen molar-refractivity contribution in [2.24, 2.45) is 0 Å². The van der Waals surface area contributed by atoms with Gasteiger partial charge in [0.05, 0.1) is 10.6 Å². The quantitative estimate of drug-likeness (QED) is 0.594. The Morgan fingerprint density at radius 1 is 1.39 bits per heavy atom. The SMILES string of the molecule is CSCCCCNS(=O)(=O)c1ccc(N)c(F)c1. The van der Waals surface area contributed by atoms with E-state index in [1.165, 1.54) is 12.1 Å². The molecule has 102 valence electrons. The molecule has 18 heavy (non-hydrogen) atoms. The molecule has 0 aliphatic carbocycles. The van der Waals surface area contributed by atoms with Crippen LogP contribution >= 0.6 is 11.8 Å². The monoisotopic (exact) mass is 292 g/mol. The molecule has 7 heteroatoms. The number of nitrogens with one attached hydrogen (secondary N) is 1. The number of sulfonamides is 1. The Bertz CT molecular complexity index is 492. The van der Waals surface area contributed by atoms with Crippen LogP contribution in [-0.4, -0.2) is 27.0 Å². The predicted octanol–water partition coefficient (Wildman–Crippen LogP) is 1.83. The number of nitrogen functional groups attached to an aromatic ring is 1. The maximum absolute atomic E-state index is 13.2. The van der Waals surface area contributed by atoms with E-state index in [2.05, 4.69) is 4.72 Å². The molecule has 4 nitrogen and oxygen atoms in total. The molecule has 0 amide bonds. The molecule has 0 aromatic heterocycles. The molecule has 0 bridgehead atoms. The van der Waals surface area contributed by atoms with Crippen molar-refractivity contribution in [2.45, 2.75) is 17.7 Å². The molecule has 0 atom stereocenters. The molecule has 0 saturated heterocycles. The molecule has 0 unspecified atom stereocenters. The first-order valence-electron chi connectivity index (χ1n) is 5.51. The van der Waals surface area contributed by atoms with Crippen molar-refractivity contribution in [3.63, 3.8) is 0 Å². The topological polar surface area (TPSA) is 72.2 Å². The smallest absolute Gasteiger partial charge is 0.240 e. The maximum atomic E-state index is 13.2. The number of unbranched alkanes of at least 4 members (excludes halogenated alkanes) is 1. The number of benzene rings is 1. The van der Waals surface area contributed by atoms with E-state index in [9.17, 15) is 12.8 Å². The molecule has 0 aliphatic heterocycles. The van der Waals surface area contributed by atoms with Crippen molar-refractivity contribution in [3.05, 3.63) is 24.0 Å². The third-order valence-corrected chi connectivity index (χ3v) is 4.51. The van der Waals surface area contributed by atoms with Gasteiger partial charge in [-0.3, -0.25) is 0 Å². The lowest BCUT2D eigenvalue weighted by atomic mass is 10.3. The number of anilines is 1. The summed E-state index contributed by atoms with van der Waals surface area (Å²) < 4.78 is 39.2. The number of halogens is 1. The molecule has 0 fully saturated rings. The molecular weight excluding hydrogens is 275 g/mol. The van der Waals surface area contributed by atoms with Crippen LogP contribution in [0.25, 0.3) is 0 Å². The zero-order valence-electron chi connectivity index (χ0n) is 10.1. The van der Waals surface area contributed by atoms with Gasteiger partial charge in [0.1, 0.15) is 5.82 Å². The van der Waals surface area contributed by atoms with E-state index in [1.807, 2.05) is 6.26 Å². The van der Waals surface area contributed by atoms with Crippen LogP contribution in [0.5, 0.6) is 0 Å². The summed E-state index contributed by atoms with van der Waals surface area (Å²) >= 11 is 1.72. The van der Waals surface area contributed by atoms with Gasteiger partial charge in [0, 0.05) is 6.54 Å². The Kier molecular flexibility index (Phi) is 5.90. The maximum Gasteiger partial charge on any atom is 0.240 e. The predicted molar refractivity (Wildman–Crippen MR) is 73.6 cm³/mol. The van der Waals surface area contributed by atoms with E-state index < -0.39 is 15.8 Å². The van der Waals surface area contributed by atoms with Crippen molar-refractivity contribution < 1.29 is 12.8 Å². The molecule has 0 spiro atoms. The van der Waals surface area contributed by atoms with Gasteiger partial charge in [0.25, 0.3) is 0 Å². The second kappa shape index (κ2) is 6.96. The largest absolute Gasteiger partial charge is 0.396 e. The van der Waals surface area contributed by atoms with Gasteiger partial charge in [-0.05, 0) is 43.0 Å². The Balaban J connectivity index is 2.60. The minimum Gasteiger partial charge on any atom is -0.396 e. The van der Waals surface area contributed by atoms with E-state index in [4.69, 9.17) is 5.73 Å². The van der Waals surface area contributed by atoms with Gasteiger partial charge in [-0.25, -0.2) is 17.5 Å². The van der Waals surface area contributed by atoms with Crippen molar-refractivity contribution in [1.82, 2.24) is 4.72 Å². The van der Waals surface area contributed by atoms with Gasteiger partial charge in [0.2, 0.25) is 10.0 Å². The van der Waals surface area contributed by atoms with Crippen LogP contribution in [0.15, 0.2) is 23.1 Å². The third-order valence-electron chi connectivity index (χ3n) is 2.35. The average Bonchev–Trinajstić information content (AvgIpc) is 2.32. The van der Waals surface area contributed by atoms with Gasteiger partial charge in [-0.1, -0.05) is 0 Å². The Hall–Kier alpha value is -0.790. The van der Waals surface area contributed by atoms with Crippen LogP contribution < -0.4 is 10.5 Å². The zero-order chi connectivity index (χ0) is 13.6. The highest BCUT2D eigenvalue weighted by atomic mass is 32.2.